The van der Waals surface area contributed by atoms with Gasteiger partial charge in [-0.3, -0.25) is 19.2 Å². The van der Waals surface area contributed by atoms with Crippen LogP contribution in [0.2, 0.25) is 0 Å². The Bertz CT molecular complexity index is 1550. The fourth-order valence-electron chi connectivity index (χ4n) is 9.83. The first-order valence-electron chi connectivity index (χ1n) is 30.1. The van der Waals surface area contributed by atoms with E-state index < -0.39 is 82.9 Å². The van der Waals surface area contributed by atoms with Gasteiger partial charge in [-0.05, 0) is 44.9 Å². The average molecular weight is 1050 g/mol. The summed E-state index contributed by atoms with van der Waals surface area (Å²) in [6.45, 7) is 10.4. The Hall–Kier alpha value is -3.27. The largest absolute Gasteiger partial charge is 0.610 e. The number of unbranched alkanes of at least 4 members (excludes halogenated alkanes) is 25. The molecule has 74 heavy (non-hydrogen) atoms. The zero-order valence-electron chi connectivity index (χ0n) is 47.1. The second kappa shape index (κ2) is 41.8. The second-order valence-corrected chi connectivity index (χ2v) is 21.2. The second-order valence-electron chi connectivity index (χ2n) is 21.2. The Morgan fingerprint density at radius 3 is 1.28 bits per heavy atom. The number of imide groups is 3. The molecule has 2 fully saturated rings. The molecule has 2 heterocycles. The van der Waals surface area contributed by atoms with E-state index >= 15 is 0 Å². The van der Waals surface area contributed by atoms with E-state index in [-0.39, 0.29) is 51.7 Å². The molecule has 2 aliphatic heterocycles. The first kappa shape index (κ1) is 66.8. The lowest BCUT2D eigenvalue weighted by Gasteiger charge is -2.44. The molecule has 0 spiro atoms. The SMILES string of the molecule is CCCCCCCCCCC(=O)O[C@@H]1[C@@H](OC(=O)CCCCCCCCCC)[C@H](OCCCC)O[C@H](COC(=O)CCCCCC(CCCC)C(=O)[N+]2([O-])C(=O)CCC2=O)[C@H]1OC(=O)CCCCCCCCCC. The summed E-state index contributed by atoms with van der Waals surface area (Å²) in [5.74, 6) is -5.55. The van der Waals surface area contributed by atoms with Gasteiger partial charge in [-0.2, -0.15) is 4.65 Å². The van der Waals surface area contributed by atoms with E-state index in [1.165, 1.54) is 64.2 Å². The minimum atomic E-state index is -2.01. The van der Waals surface area contributed by atoms with Crippen LogP contribution in [0.1, 0.15) is 285 Å². The molecular weight excluding hydrogens is 947 g/mol. The van der Waals surface area contributed by atoms with Crippen molar-refractivity contribution in [3.8, 4) is 0 Å². The highest BCUT2D eigenvalue weighted by atomic mass is 16.7. The van der Waals surface area contributed by atoms with Crippen molar-refractivity contribution < 1.29 is 66.6 Å². The number of rotatable bonds is 46. The van der Waals surface area contributed by atoms with Gasteiger partial charge in [0.25, 0.3) is 0 Å². The smallest absolute Gasteiger partial charge is 0.331 e. The Morgan fingerprint density at radius 1 is 0.473 bits per heavy atom. The summed E-state index contributed by atoms with van der Waals surface area (Å²) in [6.07, 6.45) is 23.6. The van der Waals surface area contributed by atoms with E-state index in [0.717, 1.165) is 83.5 Å². The molecule has 6 atom stereocenters. The fourth-order valence-corrected chi connectivity index (χ4v) is 9.83. The molecule has 15 nitrogen and oxygen atoms in total. The van der Waals surface area contributed by atoms with Gasteiger partial charge in [-0.25, -0.2) is 14.4 Å². The molecule has 0 radical (unpaired) electrons. The summed E-state index contributed by atoms with van der Waals surface area (Å²) in [7, 11) is 0. The van der Waals surface area contributed by atoms with Crippen LogP contribution >= 0.6 is 0 Å². The molecule has 0 aromatic heterocycles. The molecule has 428 valence electrons. The maximum absolute atomic E-state index is 13.8. The summed E-state index contributed by atoms with van der Waals surface area (Å²) in [6, 6.07) is 0. The molecule has 0 saturated carbocycles. The highest BCUT2D eigenvalue weighted by molar-refractivity contribution is 6.03. The van der Waals surface area contributed by atoms with Gasteiger partial charge in [0.1, 0.15) is 12.7 Å². The minimum absolute atomic E-state index is 0.00808. The molecule has 0 aromatic carbocycles. The number of hydrogen-bond acceptors (Lipinski definition) is 14. The van der Waals surface area contributed by atoms with Crippen molar-refractivity contribution in [3.63, 3.8) is 0 Å². The Kier molecular flexibility index (Phi) is 37.8. The Labute approximate surface area is 446 Å². The molecule has 0 aromatic rings. The summed E-state index contributed by atoms with van der Waals surface area (Å²) >= 11 is 0. The van der Waals surface area contributed by atoms with Crippen molar-refractivity contribution in [1.29, 1.82) is 0 Å². The van der Waals surface area contributed by atoms with Gasteiger partial charge in [-0.1, -0.05) is 202 Å². The van der Waals surface area contributed by atoms with Crippen molar-refractivity contribution >= 4 is 41.6 Å². The molecule has 3 amide bonds. The van der Waals surface area contributed by atoms with Crippen LogP contribution in [0.4, 0.5) is 0 Å². The number of carbonyl (C=O) groups is 7. The molecule has 0 N–H and O–H groups in total. The van der Waals surface area contributed by atoms with Crippen LogP contribution < -0.4 is 0 Å². The van der Waals surface area contributed by atoms with Gasteiger partial charge in [0.15, 0.2) is 24.6 Å². The predicted octanol–water partition coefficient (Wildman–Crippen LogP) is 13.8. The summed E-state index contributed by atoms with van der Waals surface area (Å²) in [5, 5.41) is 13.2. The average Bonchev–Trinajstić information content (AvgIpc) is 3.65. The molecular formula is C59H103NO14. The molecule has 0 bridgehead atoms. The number of amides is 3. The normalized spacial score (nSPS) is 19.8. The third-order valence-corrected chi connectivity index (χ3v) is 14.5. The number of likely N-dealkylation sites (tertiary alicyclic amines) is 1. The van der Waals surface area contributed by atoms with Crippen LogP contribution in [-0.2, 0) is 62.0 Å². The van der Waals surface area contributed by atoms with Gasteiger partial charge in [0.05, 0.1) is 18.8 Å². The molecule has 0 aliphatic carbocycles. The van der Waals surface area contributed by atoms with Crippen molar-refractivity contribution in [2.24, 2.45) is 5.92 Å². The van der Waals surface area contributed by atoms with Gasteiger partial charge in [0, 0.05) is 32.3 Å². The van der Waals surface area contributed by atoms with E-state index in [1.54, 1.807) is 0 Å². The van der Waals surface area contributed by atoms with Crippen LogP contribution in [0.5, 0.6) is 0 Å². The van der Waals surface area contributed by atoms with Crippen molar-refractivity contribution in [1.82, 2.24) is 0 Å². The van der Waals surface area contributed by atoms with Crippen molar-refractivity contribution in [2.45, 2.75) is 316 Å². The maximum Gasteiger partial charge on any atom is 0.331 e. The summed E-state index contributed by atoms with van der Waals surface area (Å²) in [5.41, 5.74) is 0. The third-order valence-electron chi connectivity index (χ3n) is 14.5. The van der Waals surface area contributed by atoms with E-state index in [2.05, 4.69) is 20.8 Å². The van der Waals surface area contributed by atoms with Gasteiger partial charge in [-0.15, -0.1) is 0 Å². The zero-order valence-corrected chi connectivity index (χ0v) is 47.1. The lowest BCUT2D eigenvalue weighted by molar-refractivity contribution is -0.644. The van der Waals surface area contributed by atoms with Gasteiger partial charge >= 0.3 is 41.6 Å². The first-order chi connectivity index (χ1) is 35.9. The predicted molar refractivity (Wildman–Crippen MR) is 286 cm³/mol. The highest BCUT2D eigenvalue weighted by Gasteiger charge is 2.54. The number of esters is 4. The molecule has 2 rings (SSSR count). The molecule has 1 unspecified atom stereocenters. The van der Waals surface area contributed by atoms with Crippen molar-refractivity contribution in [2.75, 3.05) is 13.2 Å². The Morgan fingerprint density at radius 2 is 0.838 bits per heavy atom. The monoisotopic (exact) mass is 1050 g/mol. The van der Waals surface area contributed by atoms with Crippen LogP contribution in [0.25, 0.3) is 0 Å². The maximum atomic E-state index is 13.8. The highest BCUT2D eigenvalue weighted by Crippen LogP contribution is 2.33. The van der Waals surface area contributed by atoms with Crippen LogP contribution in [-0.4, -0.2) is 90.2 Å². The van der Waals surface area contributed by atoms with E-state index in [0.29, 0.717) is 64.2 Å². The summed E-state index contributed by atoms with van der Waals surface area (Å²) < 4.78 is 35.2. The zero-order chi connectivity index (χ0) is 54.2. The van der Waals surface area contributed by atoms with Crippen molar-refractivity contribution in [3.05, 3.63) is 5.21 Å². The minimum Gasteiger partial charge on any atom is -0.610 e. The van der Waals surface area contributed by atoms with E-state index in [9.17, 15) is 38.8 Å². The fraction of sp³-hybridized carbons (Fsp3) is 0.881. The standard InChI is InChI=1S/C59H103NO14/c1-6-11-16-19-22-25-28-33-40-52(64)72-55-48(46-70-51(63)39-36-31-32-38-47(37-14-9-4)58(67)60(68)49(61)43-44-50(60)62)71-59(69-45-15-10-5)57(74-54(66)42-35-30-27-24-21-18-13-8-3)56(55)73-53(65)41-34-29-26-23-20-17-12-7-2/h47-48,55-57,59H,6-46H2,1-5H3/t47?,48-,55-,56+,57-,59-/m1/s1. The van der Waals surface area contributed by atoms with Gasteiger partial charge in [0.2, 0.25) is 0 Å². The molecule has 15 heteroatoms. The number of quaternary nitrogens is 1. The van der Waals surface area contributed by atoms with Crippen LogP contribution in [0, 0.1) is 11.1 Å². The van der Waals surface area contributed by atoms with Gasteiger partial charge < -0.3 is 33.6 Å². The Balaban J connectivity index is 2.30. The topological polar surface area (TPSA) is 198 Å². The number of hydroxylamine groups is 3. The lowest BCUT2D eigenvalue weighted by atomic mass is 9.93. The van der Waals surface area contributed by atoms with Crippen LogP contribution in [0.15, 0.2) is 0 Å². The number of carbonyl (C=O) groups excluding carboxylic acids is 7. The molecule has 2 saturated heterocycles. The number of nitrogens with zero attached hydrogens (tertiary/aromatic N) is 1. The number of hydrogen-bond donors (Lipinski definition) is 0. The number of ether oxygens (including phenoxy) is 6. The van der Waals surface area contributed by atoms with E-state index in [1.807, 2.05) is 13.8 Å². The van der Waals surface area contributed by atoms with E-state index in [4.69, 9.17) is 28.4 Å². The lowest BCUT2D eigenvalue weighted by Crippen LogP contribution is -2.63. The first-order valence-corrected chi connectivity index (χ1v) is 30.1. The quantitative estimate of drug-likeness (QED) is 0.0139. The molecule has 2 aliphatic rings. The third kappa shape index (κ3) is 27.2. The van der Waals surface area contributed by atoms with Crippen LogP contribution in [0.3, 0.4) is 0 Å². The summed E-state index contributed by atoms with van der Waals surface area (Å²) in [4.78, 5) is 92.8.